The number of nitrogens with zero attached hydrogens (tertiary/aromatic N) is 2. The van der Waals surface area contributed by atoms with Crippen molar-refractivity contribution in [2.45, 2.75) is 18.9 Å². The van der Waals surface area contributed by atoms with E-state index in [1.165, 1.54) is 0 Å². The van der Waals surface area contributed by atoms with E-state index in [-0.39, 0.29) is 0 Å². The molecular formula is C6H14N2O18. The highest BCUT2D eigenvalue weighted by Gasteiger charge is 2.05. The highest BCUT2D eigenvalue weighted by molar-refractivity contribution is 6.27. The van der Waals surface area contributed by atoms with Crippen LogP contribution in [0.25, 0.3) is 0 Å². The van der Waals surface area contributed by atoms with Crippen LogP contribution in [-0.4, -0.2) is 103 Å². The molecule has 20 nitrogen and oxygen atoms in total. The lowest BCUT2D eigenvalue weighted by Crippen LogP contribution is -2.23. The molecule has 156 valence electrons. The third-order valence-corrected chi connectivity index (χ3v) is 0.670. The molecule has 11 N–H and O–H groups in total. The molecule has 0 amide bonds. The number of carbonyl (C=O) groups is 3. The van der Waals surface area contributed by atoms with Crippen LogP contribution in [0.2, 0.25) is 0 Å². The molecule has 0 aromatic carbocycles. The Morgan fingerprint density at radius 2 is 0.769 bits per heavy atom. The number of hydrogen-bond acceptors (Lipinski definition) is 13. The predicted molar refractivity (Wildman–Crippen MR) is 65.1 cm³/mol. The Balaban J connectivity index is -0.0000000716. The van der Waals surface area contributed by atoms with Gasteiger partial charge in [0, 0.05) is 0 Å². The Labute approximate surface area is 139 Å². The van der Waals surface area contributed by atoms with Crippen LogP contribution in [0.4, 0.5) is 0 Å². The second kappa shape index (κ2) is 21.6. The van der Waals surface area contributed by atoms with Crippen LogP contribution in [0.15, 0.2) is 0 Å². The molecule has 0 atom stereocenters. The van der Waals surface area contributed by atoms with Crippen LogP contribution >= 0.6 is 0 Å². The topological polar surface area (TPSA) is 360 Å². The SMILES string of the molecule is O=C(O)C(=O)O.O=C(O)C(O)O.O=[N+]([O-])O.O=[N+]([O-])O.OC(O)C(O)O. The van der Waals surface area contributed by atoms with Crippen molar-refractivity contribution in [3.05, 3.63) is 20.2 Å². The van der Waals surface area contributed by atoms with Crippen LogP contribution in [0.1, 0.15) is 0 Å². The summed E-state index contributed by atoms with van der Waals surface area (Å²) in [5, 5.41) is 95.5. The molecule has 0 rings (SSSR count). The first-order valence-corrected chi connectivity index (χ1v) is 4.83. The van der Waals surface area contributed by atoms with E-state index < -0.39 is 47.0 Å². The highest BCUT2D eigenvalue weighted by atomic mass is 16.9. The second-order valence-corrected chi connectivity index (χ2v) is 2.63. The van der Waals surface area contributed by atoms with Crippen molar-refractivity contribution in [2.75, 3.05) is 0 Å². The zero-order valence-electron chi connectivity index (χ0n) is 11.9. The fourth-order valence-electron chi connectivity index (χ4n) is 0. The van der Waals surface area contributed by atoms with Gasteiger partial charge in [0.15, 0.2) is 0 Å². The van der Waals surface area contributed by atoms with Crippen molar-refractivity contribution in [3.8, 4) is 0 Å². The fourth-order valence-corrected chi connectivity index (χ4v) is 0. The van der Waals surface area contributed by atoms with Crippen molar-refractivity contribution < 1.29 is 80.9 Å². The van der Waals surface area contributed by atoms with Crippen LogP contribution in [0, 0.1) is 20.2 Å². The molecule has 20 heteroatoms. The number of aliphatic hydroxyl groups excluding tert-OH is 3. The number of rotatable bonds is 2. The van der Waals surface area contributed by atoms with Gasteiger partial charge in [0.2, 0.25) is 12.6 Å². The summed E-state index contributed by atoms with van der Waals surface area (Å²) in [6.45, 7) is 0. The van der Waals surface area contributed by atoms with Gasteiger partial charge < -0.3 is 56.4 Å². The van der Waals surface area contributed by atoms with Gasteiger partial charge in [-0.25, -0.2) is 14.4 Å². The first kappa shape index (κ1) is 34.0. The maximum absolute atomic E-state index is 9.20. The number of carboxylic acids is 3. The molecule has 0 aromatic heterocycles. The Bertz CT molecular complexity index is 378. The van der Waals surface area contributed by atoms with E-state index in [1.54, 1.807) is 0 Å². The minimum atomic E-state index is -2.23. The number of carboxylic acid groups (broad SMARTS) is 3. The number of aliphatic hydroxyl groups is 6. The van der Waals surface area contributed by atoms with Crippen molar-refractivity contribution in [3.63, 3.8) is 0 Å². The molecule has 0 heterocycles. The Hall–Kier alpha value is -3.43. The summed E-state index contributed by atoms with van der Waals surface area (Å²) in [5.74, 6) is -5.28. The lowest BCUT2D eigenvalue weighted by Gasteiger charge is -2.01. The van der Waals surface area contributed by atoms with Gasteiger partial charge in [-0.15, -0.1) is 20.2 Å². The van der Waals surface area contributed by atoms with Gasteiger partial charge in [0.1, 0.15) is 0 Å². The van der Waals surface area contributed by atoms with Gasteiger partial charge in [-0.2, -0.15) is 0 Å². The standard InChI is InChI=1S/C2H6O4.C2H4O4.C2H2O4.2HNO3/c3*3-1(4)2(5)6;2*2-1(3)4/h1-6H;1,3-4H,(H,5,6);(H,3,4)(H,5,6);2*(H,2,3,4). The van der Waals surface area contributed by atoms with E-state index in [1.807, 2.05) is 0 Å². The Morgan fingerprint density at radius 1 is 0.654 bits per heavy atom. The van der Waals surface area contributed by atoms with E-state index >= 15 is 0 Å². The number of aliphatic carboxylic acids is 3. The summed E-state index contributed by atoms with van der Waals surface area (Å²) < 4.78 is 0. The lowest BCUT2D eigenvalue weighted by molar-refractivity contribution is -0.742. The van der Waals surface area contributed by atoms with Crippen LogP contribution in [0.5, 0.6) is 0 Å². The number of hydrogen-bond donors (Lipinski definition) is 11. The van der Waals surface area contributed by atoms with Gasteiger partial charge in [-0.3, -0.25) is 0 Å². The molecule has 0 unspecified atom stereocenters. The first-order chi connectivity index (χ1) is 11.4. The molecule has 0 fully saturated rings. The summed E-state index contributed by atoms with van der Waals surface area (Å²) in [6, 6.07) is 0. The molecule has 0 aliphatic carbocycles. The molecular weight excluding hydrogens is 388 g/mol. The molecule has 0 saturated heterocycles. The second-order valence-electron chi connectivity index (χ2n) is 2.63. The largest absolute Gasteiger partial charge is 0.477 e. The van der Waals surface area contributed by atoms with Gasteiger partial charge >= 0.3 is 17.9 Å². The zero-order chi connectivity index (χ0) is 22.6. The molecule has 0 aliphatic rings. The van der Waals surface area contributed by atoms with E-state index in [9.17, 15) is 4.79 Å². The van der Waals surface area contributed by atoms with E-state index in [0.717, 1.165) is 0 Å². The summed E-state index contributed by atoms with van der Waals surface area (Å²) in [4.78, 5) is 44.1. The van der Waals surface area contributed by atoms with Crippen molar-refractivity contribution in [2.24, 2.45) is 0 Å². The summed E-state index contributed by atoms with van der Waals surface area (Å²) in [6.07, 6.45) is -6.31. The Kier molecular flexibility index (Phi) is 28.2. The monoisotopic (exact) mass is 402 g/mol. The molecule has 0 bridgehead atoms. The quantitative estimate of drug-likeness (QED) is 0.0886. The van der Waals surface area contributed by atoms with Crippen LogP contribution in [0.3, 0.4) is 0 Å². The highest BCUT2D eigenvalue weighted by Crippen LogP contribution is 1.77. The molecule has 0 aromatic rings. The van der Waals surface area contributed by atoms with Gasteiger partial charge in [-0.05, 0) is 0 Å². The average molecular weight is 402 g/mol. The smallest absolute Gasteiger partial charge is 0.414 e. The maximum atomic E-state index is 9.20. The maximum Gasteiger partial charge on any atom is 0.414 e. The minimum Gasteiger partial charge on any atom is -0.477 e. The van der Waals surface area contributed by atoms with Crippen LogP contribution < -0.4 is 0 Å². The molecule has 0 radical (unpaired) electrons. The lowest BCUT2D eigenvalue weighted by atomic mass is 10.6. The minimum absolute atomic E-state index is 1.50. The zero-order valence-corrected chi connectivity index (χ0v) is 11.9. The first-order valence-electron chi connectivity index (χ1n) is 4.83. The van der Waals surface area contributed by atoms with Crippen molar-refractivity contribution >= 4 is 17.9 Å². The molecule has 0 saturated carbocycles. The Morgan fingerprint density at radius 3 is 0.769 bits per heavy atom. The van der Waals surface area contributed by atoms with E-state index in [4.69, 9.17) is 86.2 Å². The summed E-state index contributed by atoms with van der Waals surface area (Å²) in [7, 11) is 0. The predicted octanol–water partition coefficient (Wildman–Crippen LogP) is -5.55. The van der Waals surface area contributed by atoms with E-state index in [2.05, 4.69) is 0 Å². The normalized spacial score (nSPS) is 8.19. The van der Waals surface area contributed by atoms with Gasteiger partial charge in [-0.1, -0.05) is 0 Å². The van der Waals surface area contributed by atoms with Crippen LogP contribution in [-0.2, 0) is 14.4 Å². The molecule has 26 heavy (non-hydrogen) atoms. The molecule has 0 aliphatic heterocycles. The summed E-state index contributed by atoms with van der Waals surface area (Å²) in [5.41, 5.74) is 0. The van der Waals surface area contributed by atoms with Gasteiger partial charge in [0.25, 0.3) is 16.5 Å². The van der Waals surface area contributed by atoms with E-state index in [0.29, 0.717) is 0 Å². The molecule has 0 spiro atoms. The fraction of sp³-hybridized carbons (Fsp3) is 0.500. The summed E-state index contributed by atoms with van der Waals surface area (Å²) >= 11 is 0. The average Bonchev–Trinajstić information content (AvgIpc) is 2.38. The van der Waals surface area contributed by atoms with Crippen molar-refractivity contribution in [1.82, 2.24) is 0 Å². The third kappa shape index (κ3) is 107. The van der Waals surface area contributed by atoms with Gasteiger partial charge in [0.05, 0.1) is 0 Å². The van der Waals surface area contributed by atoms with Crippen molar-refractivity contribution in [1.29, 1.82) is 0 Å². The third-order valence-electron chi connectivity index (χ3n) is 0.670.